The van der Waals surface area contributed by atoms with E-state index in [2.05, 4.69) is 0 Å². The van der Waals surface area contributed by atoms with Gasteiger partial charge in [-0.2, -0.15) is 0 Å². The fourth-order valence-corrected chi connectivity index (χ4v) is 2.75. The van der Waals surface area contributed by atoms with Crippen molar-refractivity contribution in [2.24, 2.45) is 5.92 Å². The highest BCUT2D eigenvalue weighted by Crippen LogP contribution is 2.32. The van der Waals surface area contributed by atoms with Gasteiger partial charge in [0.25, 0.3) is 0 Å². The van der Waals surface area contributed by atoms with Crippen LogP contribution < -0.4 is 4.74 Å². The van der Waals surface area contributed by atoms with Gasteiger partial charge in [-0.3, -0.25) is 0 Å². The molecule has 2 atom stereocenters. The average molecular weight is 243 g/mol. The third-order valence-corrected chi connectivity index (χ3v) is 3.61. The average Bonchev–Trinajstić information content (AvgIpc) is 2.64. The normalized spacial score (nSPS) is 24.7. The van der Waals surface area contributed by atoms with E-state index in [0.717, 1.165) is 31.2 Å². The Kier molecular flexibility index (Phi) is 3.70. The third kappa shape index (κ3) is 2.67. The second-order valence-corrected chi connectivity index (χ2v) is 5.07. The van der Waals surface area contributed by atoms with Crippen molar-refractivity contribution in [1.29, 1.82) is 0 Å². The minimum Gasteiger partial charge on any atom is -0.494 e. The molecule has 3 heteroatoms. The molecule has 1 aromatic rings. The van der Waals surface area contributed by atoms with Crippen LogP contribution in [-0.4, -0.2) is 12.5 Å². The number of ether oxygens (including phenoxy) is 1. The first kappa shape index (κ1) is 11.7. The summed E-state index contributed by atoms with van der Waals surface area (Å²) in [6.45, 7) is 0. The molecule has 1 aromatic carbocycles. The molecule has 0 bridgehead atoms. The molecule has 0 aromatic heterocycles. The van der Waals surface area contributed by atoms with Gasteiger partial charge in [0.1, 0.15) is 0 Å². The second-order valence-electron chi connectivity index (χ2n) is 4.45. The second kappa shape index (κ2) is 5.05. The van der Waals surface area contributed by atoms with Gasteiger partial charge < -0.3 is 4.74 Å². The van der Waals surface area contributed by atoms with Crippen molar-refractivity contribution >= 4 is 11.6 Å². The van der Waals surface area contributed by atoms with E-state index in [4.69, 9.17) is 16.3 Å². The summed E-state index contributed by atoms with van der Waals surface area (Å²) in [5.74, 6) is 0.640. The Balaban J connectivity index is 2.02. The molecule has 0 radical (unpaired) electrons. The number of methoxy groups -OCH3 is 1. The summed E-state index contributed by atoms with van der Waals surface area (Å²) in [6.07, 6.45) is 4.21. The first-order valence-corrected chi connectivity index (χ1v) is 6.09. The zero-order chi connectivity index (χ0) is 11.5. The maximum Gasteiger partial charge on any atom is 0.165 e. The molecule has 2 unspecified atom stereocenters. The summed E-state index contributed by atoms with van der Waals surface area (Å²) in [6, 6.07) is 5.20. The highest BCUT2D eigenvalue weighted by molar-refractivity contribution is 6.20. The first-order chi connectivity index (χ1) is 7.69. The maximum absolute atomic E-state index is 13.5. The number of alkyl halides is 1. The minimum absolute atomic E-state index is 0.277. The SMILES string of the molecule is COc1ccc(CC2CCC(Cl)C2)cc1F. The van der Waals surface area contributed by atoms with Crippen molar-refractivity contribution in [3.63, 3.8) is 0 Å². The highest BCUT2D eigenvalue weighted by atomic mass is 35.5. The van der Waals surface area contributed by atoms with Crippen LogP contribution in [0.2, 0.25) is 0 Å². The lowest BCUT2D eigenvalue weighted by atomic mass is 9.98. The monoisotopic (exact) mass is 242 g/mol. The number of hydrogen-bond acceptors (Lipinski definition) is 1. The van der Waals surface area contributed by atoms with Gasteiger partial charge in [-0.15, -0.1) is 11.6 Å². The van der Waals surface area contributed by atoms with Gasteiger partial charge in [0.2, 0.25) is 0 Å². The van der Waals surface area contributed by atoms with Crippen LogP contribution in [0.1, 0.15) is 24.8 Å². The molecule has 1 aliphatic rings. The predicted molar refractivity (Wildman–Crippen MR) is 63.6 cm³/mol. The van der Waals surface area contributed by atoms with E-state index < -0.39 is 0 Å². The van der Waals surface area contributed by atoms with Crippen molar-refractivity contribution in [2.45, 2.75) is 31.1 Å². The Morgan fingerprint density at radius 1 is 1.44 bits per heavy atom. The van der Waals surface area contributed by atoms with E-state index in [9.17, 15) is 4.39 Å². The lowest BCUT2D eigenvalue weighted by molar-refractivity contribution is 0.386. The van der Waals surface area contributed by atoms with Crippen LogP contribution >= 0.6 is 11.6 Å². The van der Waals surface area contributed by atoms with Gasteiger partial charge in [0, 0.05) is 5.38 Å². The van der Waals surface area contributed by atoms with Crippen molar-refractivity contribution in [2.75, 3.05) is 7.11 Å². The summed E-state index contributed by atoms with van der Waals surface area (Å²) in [4.78, 5) is 0. The van der Waals surface area contributed by atoms with Crippen molar-refractivity contribution < 1.29 is 9.13 Å². The topological polar surface area (TPSA) is 9.23 Å². The molecule has 0 N–H and O–H groups in total. The van der Waals surface area contributed by atoms with Crippen LogP contribution in [0, 0.1) is 11.7 Å². The Bertz CT molecular complexity index is 367. The smallest absolute Gasteiger partial charge is 0.165 e. The molecular formula is C13H16ClFO. The third-order valence-electron chi connectivity index (χ3n) is 3.22. The molecule has 0 spiro atoms. The summed E-state index contributed by atoms with van der Waals surface area (Å²) >= 11 is 6.06. The molecule has 88 valence electrons. The summed E-state index contributed by atoms with van der Waals surface area (Å²) in [7, 11) is 1.48. The van der Waals surface area contributed by atoms with Gasteiger partial charge in [0.05, 0.1) is 7.11 Å². The van der Waals surface area contributed by atoms with E-state index >= 15 is 0 Å². The fraction of sp³-hybridized carbons (Fsp3) is 0.538. The maximum atomic E-state index is 13.5. The van der Waals surface area contributed by atoms with E-state index in [1.54, 1.807) is 12.1 Å². The lowest BCUT2D eigenvalue weighted by Crippen LogP contribution is -2.01. The fourth-order valence-electron chi connectivity index (χ4n) is 2.37. The molecule has 1 fully saturated rings. The van der Waals surface area contributed by atoms with Gasteiger partial charge in [0.15, 0.2) is 11.6 Å². The van der Waals surface area contributed by atoms with Crippen LogP contribution in [0.3, 0.4) is 0 Å². The lowest BCUT2D eigenvalue weighted by Gasteiger charge is -2.10. The van der Waals surface area contributed by atoms with Crippen LogP contribution in [-0.2, 0) is 6.42 Å². The quantitative estimate of drug-likeness (QED) is 0.733. The Morgan fingerprint density at radius 2 is 2.25 bits per heavy atom. The zero-order valence-electron chi connectivity index (χ0n) is 9.38. The molecular weight excluding hydrogens is 227 g/mol. The van der Waals surface area contributed by atoms with Crippen LogP contribution in [0.25, 0.3) is 0 Å². The van der Waals surface area contributed by atoms with E-state index in [1.807, 2.05) is 6.07 Å². The van der Waals surface area contributed by atoms with Crippen LogP contribution in [0.5, 0.6) is 5.75 Å². The first-order valence-electron chi connectivity index (χ1n) is 5.65. The molecule has 1 nitrogen and oxygen atoms in total. The van der Waals surface area contributed by atoms with Crippen molar-refractivity contribution in [3.05, 3.63) is 29.6 Å². The Labute approximate surface area is 101 Å². The zero-order valence-corrected chi connectivity index (χ0v) is 10.1. The van der Waals surface area contributed by atoms with E-state index in [-0.39, 0.29) is 5.82 Å². The highest BCUT2D eigenvalue weighted by Gasteiger charge is 2.23. The van der Waals surface area contributed by atoms with E-state index in [1.165, 1.54) is 7.11 Å². The Hall–Kier alpha value is -0.760. The molecule has 1 aliphatic carbocycles. The summed E-state index contributed by atoms with van der Waals surface area (Å²) in [5, 5.41) is 0.313. The van der Waals surface area contributed by atoms with Gasteiger partial charge in [-0.25, -0.2) is 4.39 Å². The minimum atomic E-state index is -0.277. The van der Waals surface area contributed by atoms with Gasteiger partial charge in [-0.1, -0.05) is 6.07 Å². The molecule has 0 heterocycles. The predicted octanol–water partition coefficient (Wildman–Crippen LogP) is 3.78. The molecule has 2 rings (SSSR count). The van der Waals surface area contributed by atoms with Crippen LogP contribution in [0.4, 0.5) is 4.39 Å². The summed E-state index contributed by atoms with van der Waals surface area (Å²) in [5.41, 5.74) is 1.04. The number of rotatable bonds is 3. The Morgan fingerprint density at radius 3 is 2.81 bits per heavy atom. The van der Waals surface area contributed by atoms with Gasteiger partial charge in [-0.05, 0) is 49.3 Å². The molecule has 0 saturated heterocycles. The summed E-state index contributed by atoms with van der Waals surface area (Å²) < 4.78 is 18.3. The largest absolute Gasteiger partial charge is 0.494 e. The molecule has 1 saturated carbocycles. The molecule has 0 aliphatic heterocycles. The number of benzene rings is 1. The molecule has 0 amide bonds. The standard InChI is InChI=1S/C13H16ClFO/c1-16-13-5-3-10(8-12(13)15)6-9-2-4-11(14)7-9/h3,5,8-9,11H,2,4,6-7H2,1H3. The number of halogens is 2. The van der Waals surface area contributed by atoms with Crippen molar-refractivity contribution in [3.8, 4) is 5.75 Å². The van der Waals surface area contributed by atoms with E-state index in [0.29, 0.717) is 17.0 Å². The number of hydrogen-bond donors (Lipinski definition) is 0. The molecule has 16 heavy (non-hydrogen) atoms. The van der Waals surface area contributed by atoms with Gasteiger partial charge >= 0.3 is 0 Å². The van der Waals surface area contributed by atoms with Crippen molar-refractivity contribution in [1.82, 2.24) is 0 Å². The van der Waals surface area contributed by atoms with Crippen LogP contribution in [0.15, 0.2) is 18.2 Å².